The van der Waals surface area contributed by atoms with Gasteiger partial charge in [-0.1, -0.05) is 34.5 Å². The van der Waals surface area contributed by atoms with Crippen LogP contribution in [0.5, 0.6) is 11.6 Å². The van der Waals surface area contributed by atoms with Crippen LogP contribution in [0, 0.1) is 11.6 Å². The predicted octanol–water partition coefficient (Wildman–Crippen LogP) is 4.78. The molecule has 0 spiro atoms. The third-order valence-electron chi connectivity index (χ3n) is 2.41. The highest BCUT2D eigenvalue weighted by atomic mass is 79.9. The van der Waals surface area contributed by atoms with Gasteiger partial charge in [0.2, 0.25) is 17.6 Å². The summed E-state index contributed by atoms with van der Waals surface area (Å²) < 4.78 is 32.6. The van der Waals surface area contributed by atoms with Crippen LogP contribution in [-0.4, -0.2) is 16.5 Å². The first-order valence-corrected chi connectivity index (χ1v) is 7.27. The van der Waals surface area contributed by atoms with E-state index in [2.05, 4.69) is 31.2 Å². The van der Waals surface area contributed by atoms with Gasteiger partial charge in [-0.25, -0.2) is 9.37 Å². The van der Waals surface area contributed by atoms with Crippen LogP contribution in [0.25, 0.3) is 0 Å². The van der Waals surface area contributed by atoms with Crippen LogP contribution in [0.15, 0.2) is 22.8 Å². The van der Waals surface area contributed by atoms with Crippen LogP contribution < -0.4 is 10.1 Å². The van der Waals surface area contributed by atoms with Crippen molar-refractivity contribution in [1.29, 1.82) is 0 Å². The van der Waals surface area contributed by atoms with Gasteiger partial charge in [0, 0.05) is 11.0 Å². The van der Waals surface area contributed by atoms with Crippen molar-refractivity contribution in [3.05, 3.63) is 39.5 Å². The number of anilines is 1. The van der Waals surface area contributed by atoms with Gasteiger partial charge < -0.3 is 10.1 Å². The summed E-state index contributed by atoms with van der Waals surface area (Å²) in [7, 11) is 0. The van der Waals surface area contributed by atoms with E-state index < -0.39 is 11.6 Å². The molecule has 1 aromatic carbocycles. The topological polar surface area (TPSA) is 47.0 Å². The van der Waals surface area contributed by atoms with Gasteiger partial charge in [-0.15, -0.1) is 0 Å². The summed E-state index contributed by atoms with van der Waals surface area (Å²) in [6.07, 6.45) is 2.21. The second-order valence-corrected chi connectivity index (χ2v) is 5.40. The fraction of sp³-hybridized carbons (Fsp3) is 0.231. The summed E-state index contributed by atoms with van der Waals surface area (Å²) >= 11 is 8.97. The molecule has 8 heteroatoms. The molecule has 0 saturated carbocycles. The van der Waals surface area contributed by atoms with Crippen molar-refractivity contribution in [2.45, 2.75) is 13.3 Å². The van der Waals surface area contributed by atoms with Crippen molar-refractivity contribution in [2.75, 3.05) is 11.9 Å². The Balaban J connectivity index is 2.30. The van der Waals surface area contributed by atoms with E-state index >= 15 is 0 Å². The van der Waals surface area contributed by atoms with Gasteiger partial charge in [-0.2, -0.15) is 9.37 Å². The van der Waals surface area contributed by atoms with E-state index in [9.17, 15) is 8.78 Å². The van der Waals surface area contributed by atoms with E-state index in [1.165, 1.54) is 12.3 Å². The zero-order valence-corrected chi connectivity index (χ0v) is 13.3. The molecule has 0 radical (unpaired) electrons. The zero-order chi connectivity index (χ0) is 15.4. The Hall–Kier alpha value is -1.47. The second kappa shape index (κ2) is 7.00. The van der Waals surface area contributed by atoms with Crippen LogP contribution >= 0.6 is 27.5 Å². The smallest absolute Gasteiger partial charge is 0.243 e. The fourth-order valence-electron chi connectivity index (χ4n) is 1.46. The lowest BCUT2D eigenvalue weighted by Crippen LogP contribution is -2.05. The van der Waals surface area contributed by atoms with Crippen LogP contribution in [0.1, 0.15) is 13.3 Å². The quantitative estimate of drug-likeness (QED) is 0.760. The Labute approximate surface area is 133 Å². The number of halogens is 4. The van der Waals surface area contributed by atoms with Gasteiger partial charge in [0.15, 0.2) is 11.6 Å². The molecule has 1 aromatic heterocycles. The molecular weight excluding hydrogens is 368 g/mol. The minimum Gasteiger partial charge on any atom is -0.434 e. The number of hydrogen-bond acceptors (Lipinski definition) is 4. The molecule has 0 fully saturated rings. The lowest BCUT2D eigenvalue weighted by Gasteiger charge is -2.10. The largest absolute Gasteiger partial charge is 0.434 e. The first-order valence-electron chi connectivity index (χ1n) is 6.10. The highest BCUT2D eigenvalue weighted by molar-refractivity contribution is 9.10. The van der Waals surface area contributed by atoms with Crippen molar-refractivity contribution < 1.29 is 13.5 Å². The zero-order valence-electron chi connectivity index (χ0n) is 11.0. The summed E-state index contributed by atoms with van der Waals surface area (Å²) in [6, 6.07) is 2.29. The van der Waals surface area contributed by atoms with E-state index in [-0.39, 0.29) is 16.7 Å². The van der Waals surface area contributed by atoms with E-state index in [1.807, 2.05) is 6.92 Å². The molecule has 1 heterocycles. The van der Waals surface area contributed by atoms with Crippen molar-refractivity contribution in [3.8, 4) is 11.6 Å². The normalized spacial score (nSPS) is 10.5. The monoisotopic (exact) mass is 377 g/mol. The average molecular weight is 379 g/mol. The van der Waals surface area contributed by atoms with Gasteiger partial charge in [-0.05, 0) is 18.6 Å². The first-order chi connectivity index (χ1) is 10.0. The molecule has 2 rings (SSSR count). The third-order valence-corrected chi connectivity index (χ3v) is 3.13. The summed E-state index contributed by atoms with van der Waals surface area (Å²) in [5, 5.41) is 3.04. The summed E-state index contributed by atoms with van der Waals surface area (Å²) in [5.41, 5.74) is 0. The number of rotatable bonds is 5. The molecule has 0 aliphatic rings. The molecule has 0 atom stereocenters. The molecule has 0 saturated heterocycles. The van der Waals surface area contributed by atoms with Gasteiger partial charge in [-0.3, -0.25) is 0 Å². The third kappa shape index (κ3) is 4.01. The van der Waals surface area contributed by atoms with Crippen LogP contribution in [-0.2, 0) is 0 Å². The lowest BCUT2D eigenvalue weighted by atomic mass is 10.3. The lowest BCUT2D eigenvalue weighted by molar-refractivity contribution is 0.405. The van der Waals surface area contributed by atoms with E-state index in [4.69, 9.17) is 16.3 Å². The summed E-state index contributed by atoms with van der Waals surface area (Å²) in [6.45, 7) is 2.65. The Bertz CT molecular complexity index is 658. The maximum absolute atomic E-state index is 13.7. The molecule has 4 nitrogen and oxygen atoms in total. The number of benzene rings is 1. The van der Waals surface area contributed by atoms with Gasteiger partial charge in [0.25, 0.3) is 0 Å². The SMILES string of the molecule is CCCNc1ncc(Cl)c(Oc2cc(Br)cc(F)c2F)n1. The molecule has 112 valence electrons. The molecular formula is C13H11BrClF2N3O. The Morgan fingerprint density at radius 1 is 1.38 bits per heavy atom. The van der Waals surface area contributed by atoms with E-state index in [0.29, 0.717) is 17.0 Å². The van der Waals surface area contributed by atoms with Gasteiger partial charge in [0.1, 0.15) is 5.02 Å². The van der Waals surface area contributed by atoms with Crippen molar-refractivity contribution >= 4 is 33.5 Å². The Morgan fingerprint density at radius 3 is 2.86 bits per heavy atom. The van der Waals surface area contributed by atoms with E-state index in [1.54, 1.807) is 0 Å². The maximum atomic E-state index is 13.7. The highest BCUT2D eigenvalue weighted by Gasteiger charge is 2.15. The van der Waals surface area contributed by atoms with E-state index in [0.717, 1.165) is 12.5 Å². The molecule has 0 aliphatic carbocycles. The highest BCUT2D eigenvalue weighted by Crippen LogP contribution is 2.32. The molecule has 1 N–H and O–H groups in total. The number of ether oxygens (including phenoxy) is 1. The Kier molecular flexibility index (Phi) is 5.30. The molecule has 0 unspecified atom stereocenters. The van der Waals surface area contributed by atoms with Crippen LogP contribution in [0.2, 0.25) is 5.02 Å². The maximum Gasteiger partial charge on any atom is 0.243 e. The van der Waals surface area contributed by atoms with Crippen LogP contribution in [0.4, 0.5) is 14.7 Å². The summed E-state index contributed by atoms with van der Waals surface area (Å²) in [5.74, 6) is -2.22. The van der Waals surface area contributed by atoms with Gasteiger partial charge in [0.05, 0.1) is 6.20 Å². The molecule has 21 heavy (non-hydrogen) atoms. The molecule has 0 aliphatic heterocycles. The number of hydrogen-bond donors (Lipinski definition) is 1. The Morgan fingerprint density at radius 2 is 2.14 bits per heavy atom. The van der Waals surface area contributed by atoms with Crippen molar-refractivity contribution in [3.63, 3.8) is 0 Å². The van der Waals surface area contributed by atoms with Gasteiger partial charge >= 0.3 is 0 Å². The molecule has 0 amide bonds. The second-order valence-electron chi connectivity index (χ2n) is 4.08. The van der Waals surface area contributed by atoms with Crippen molar-refractivity contribution in [2.24, 2.45) is 0 Å². The van der Waals surface area contributed by atoms with Crippen LogP contribution in [0.3, 0.4) is 0 Å². The number of aromatic nitrogens is 2. The first kappa shape index (κ1) is 15.9. The molecule has 2 aromatic rings. The molecule has 0 bridgehead atoms. The summed E-state index contributed by atoms with van der Waals surface area (Å²) in [4.78, 5) is 7.99. The standard InChI is InChI=1S/C13H11BrClF2N3O/c1-2-3-18-13-19-6-8(15)12(20-13)21-10-5-7(14)4-9(16)11(10)17/h4-6H,2-3H2,1H3,(H,18,19,20). The average Bonchev–Trinajstić information content (AvgIpc) is 2.45. The fourth-order valence-corrected chi connectivity index (χ4v) is 1.99. The van der Waals surface area contributed by atoms with Crippen molar-refractivity contribution in [1.82, 2.24) is 9.97 Å². The number of nitrogens with one attached hydrogen (secondary N) is 1. The minimum absolute atomic E-state index is 0.0540. The predicted molar refractivity (Wildman–Crippen MR) is 80.0 cm³/mol. The number of nitrogens with zero attached hydrogens (tertiary/aromatic N) is 2. The minimum atomic E-state index is -1.11.